The predicted molar refractivity (Wildman–Crippen MR) is 165 cm³/mol. The van der Waals surface area contributed by atoms with Gasteiger partial charge in [0.1, 0.15) is 23.0 Å². The Morgan fingerprint density at radius 3 is 2.35 bits per heavy atom. The third-order valence-corrected chi connectivity index (χ3v) is 9.38. The topological polar surface area (TPSA) is 154 Å². The number of aromatic nitrogens is 1. The van der Waals surface area contributed by atoms with Crippen LogP contribution in [0.25, 0.3) is 0 Å². The Balaban J connectivity index is 1.67. The Hall–Kier alpha value is -4.33. The van der Waals surface area contributed by atoms with E-state index >= 15 is 0 Å². The molecule has 1 saturated carbocycles. The molecule has 3 amide bonds. The molecule has 1 atom stereocenters. The predicted octanol–water partition coefficient (Wildman–Crippen LogP) is 6.20. The van der Waals surface area contributed by atoms with E-state index in [-0.39, 0.29) is 42.0 Å². The summed E-state index contributed by atoms with van der Waals surface area (Å²) < 4.78 is 92.9. The molecule has 17 heteroatoms. The molecule has 2 aromatic rings. The molecule has 0 spiro atoms. The van der Waals surface area contributed by atoms with Crippen LogP contribution in [0.4, 0.5) is 38.3 Å². The third kappa shape index (κ3) is 8.38. The monoisotopic (exact) mass is 698 g/mol. The fourth-order valence-corrected chi connectivity index (χ4v) is 6.40. The number of nitrogens with zero attached hydrogens (tertiary/aromatic N) is 4. The van der Waals surface area contributed by atoms with E-state index in [4.69, 9.17) is 4.74 Å². The smallest absolute Gasteiger partial charge is 0.434 e. The highest BCUT2D eigenvalue weighted by molar-refractivity contribution is 7.93. The maximum Gasteiger partial charge on any atom is 0.434 e. The minimum Gasteiger partial charge on any atom is -0.444 e. The summed E-state index contributed by atoms with van der Waals surface area (Å²) in [4.78, 5) is 43.9. The Bertz CT molecular complexity index is 1800. The fourth-order valence-electron chi connectivity index (χ4n) is 5.12. The summed E-state index contributed by atoms with van der Waals surface area (Å²) in [5, 5.41) is 14.6. The second-order valence-corrected chi connectivity index (χ2v) is 15.1. The van der Waals surface area contributed by atoms with Gasteiger partial charge < -0.3 is 20.3 Å². The summed E-state index contributed by atoms with van der Waals surface area (Å²) in [5.74, 6) is -5.39. The first kappa shape index (κ1) is 36.5. The zero-order chi connectivity index (χ0) is 35.9. The van der Waals surface area contributed by atoms with Gasteiger partial charge in [-0.05, 0) is 70.7 Å². The van der Waals surface area contributed by atoms with Crippen LogP contribution < -0.4 is 15.5 Å². The van der Waals surface area contributed by atoms with Crippen molar-refractivity contribution in [2.45, 2.75) is 87.9 Å². The number of ether oxygens (including phenoxy) is 1. The Labute approximate surface area is 274 Å². The molecule has 2 aliphatic rings. The van der Waals surface area contributed by atoms with Crippen LogP contribution in [-0.4, -0.2) is 63.5 Å². The van der Waals surface area contributed by atoms with Crippen LogP contribution in [0, 0.1) is 18.3 Å². The van der Waals surface area contributed by atoms with Gasteiger partial charge in [-0.15, -0.1) is 0 Å². The maximum atomic E-state index is 14.1. The molecule has 2 N–H and O–H groups in total. The van der Waals surface area contributed by atoms with Crippen molar-refractivity contribution >= 4 is 39.1 Å². The minimum atomic E-state index is -5.08. The number of anilines is 2. The Morgan fingerprint density at radius 1 is 1.10 bits per heavy atom. The second kappa shape index (κ2) is 12.9. The summed E-state index contributed by atoms with van der Waals surface area (Å²) in [5.41, 5.74) is -5.40. The zero-order valence-electron chi connectivity index (χ0n) is 26.9. The van der Waals surface area contributed by atoms with E-state index in [1.54, 1.807) is 20.8 Å². The molecule has 1 aliphatic heterocycles. The number of rotatable bonds is 6. The van der Waals surface area contributed by atoms with Crippen LogP contribution in [0.3, 0.4) is 0 Å². The van der Waals surface area contributed by atoms with Crippen molar-refractivity contribution < 1.29 is 45.3 Å². The number of pyridine rings is 1. The summed E-state index contributed by atoms with van der Waals surface area (Å²) in [6.07, 6.45) is -5.48. The molecule has 2 heterocycles. The molecule has 1 saturated heterocycles. The number of hydrogen-bond donors (Lipinski definition) is 2. The average Bonchev–Trinajstić information content (AvgIpc) is 3.75. The molecule has 1 aromatic heterocycles. The first-order valence-electron chi connectivity index (χ1n) is 14.9. The first-order valence-corrected chi connectivity index (χ1v) is 16.8. The van der Waals surface area contributed by atoms with Crippen LogP contribution in [-0.2, 0) is 25.4 Å². The molecular weight excluding hydrogens is 663 g/mol. The molecule has 11 nitrogen and oxygen atoms in total. The number of carbonyl (C=O) groups excluding carboxylic acids is 3. The van der Waals surface area contributed by atoms with Gasteiger partial charge in [0.15, 0.2) is 5.69 Å². The molecule has 1 aromatic carbocycles. The summed E-state index contributed by atoms with van der Waals surface area (Å²) in [6, 6.07) is 6.88. The number of amides is 3. The average molecular weight is 699 g/mol. The Kier molecular flexibility index (Phi) is 9.84. The largest absolute Gasteiger partial charge is 0.444 e. The third-order valence-electron chi connectivity index (χ3n) is 7.74. The van der Waals surface area contributed by atoms with Gasteiger partial charge in [0.25, 0.3) is 11.8 Å². The lowest BCUT2D eigenvalue weighted by Crippen LogP contribution is -2.45. The molecule has 2 fully saturated rings. The van der Waals surface area contributed by atoms with Gasteiger partial charge in [-0.3, -0.25) is 9.59 Å². The van der Waals surface area contributed by atoms with Crippen LogP contribution >= 0.6 is 0 Å². The normalized spacial score (nSPS) is 18.4. The van der Waals surface area contributed by atoms with Crippen molar-refractivity contribution in [3.8, 4) is 6.07 Å². The molecule has 0 unspecified atom stereocenters. The molecule has 0 bridgehead atoms. The van der Waals surface area contributed by atoms with Crippen molar-refractivity contribution in [2.75, 3.05) is 29.6 Å². The van der Waals surface area contributed by atoms with Crippen molar-refractivity contribution in [3.63, 3.8) is 0 Å². The quantitative estimate of drug-likeness (QED) is 0.338. The zero-order valence-corrected chi connectivity index (χ0v) is 27.7. The fraction of sp³-hybridized carbons (Fsp3) is 0.516. The first-order chi connectivity index (χ1) is 22.1. The van der Waals surface area contributed by atoms with Crippen molar-refractivity contribution in [1.29, 1.82) is 5.26 Å². The number of hydrogen-bond acceptors (Lipinski definition) is 8. The van der Waals surface area contributed by atoms with Crippen LogP contribution in [0.2, 0.25) is 0 Å². The molecule has 48 heavy (non-hydrogen) atoms. The van der Waals surface area contributed by atoms with E-state index in [9.17, 15) is 45.8 Å². The number of alkyl halides is 5. The van der Waals surface area contributed by atoms with Crippen LogP contribution in [0.5, 0.6) is 0 Å². The lowest BCUT2D eigenvalue weighted by atomic mass is 10.00. The SMILES string of the molecule is Cc1c(C#N)c(C(F)(F)F)nc(N2CCCC(F)(F)CC2)c1C(=O)Nc1cccc([S@@](C)(=O)=NC(=O)C2(NC(=O)OC(C)(C)C)CC2)c1. The molecule has 260 valence electrons. The summed E-state index contributed by atoms with van der Waals surface area (Å²) >= 11 is 0. The van der Waals surface area contributed by atoms with Crippen molar-refractivity contribution in [3.05, 3.63) is 46.6 Å². The van der Waals surface area contributed by atoms with Gasteiger partial charge in [-0.25, -0.2) is 22.8 Å². The van der Waals surface area contributed by atoms with Crippen molar-refractivity contribution in [1.82, 2.24) is 10.3 Å². The lowest BCUT2D eigenvalue weighted by molar-refractivity contribution is -0.141. The maximum absolute atomic E-state index is 14.1. The van der Waals surface area contributed by atoms with E-state index in [2.05, 4.69) is 20.0 Å². The number of nitrogens with one attached hydrogen (secondary N) is 2. The molecule has 0 radical (unpaired) electrons. The number of alkyl carbamates (subject to hydrolysis) is 1. The summed E-state index contributed by atoms with van der Waals surface area (Å²) in [7, 11) is -3.46. The van der Waals surface area contributed by atoms with E-state index in [0.29, 0.717) is 0 Å². The van der Waals surface area contributed by atoms with Crippen LogP contribution in [0.15, 0.2) is 33.5 Å². The highest BCUT2D eigenvalue weighted by Crippen LogP contribution is 2.39. The highest BCUT2D eigenvalue weighted by Gasteiger charge is 2.52. The van der Waals surface area contributed by atoms with E-state index < -0.39 is 92.9 Å². The van der Waals surface area contributed by atoms with Gasteiger partial charge in [0.2, 0.25) is 5.92 Å². The van der Waals surface area contributed by atoms with Gasteiger partial charge >= 0.3 is 12.3 Å². The van der Waals surface area contributed by atoms with E-state index in [1.807, 2.05) is 0 Å². The van der Waals surface area contributed by atoms with Crippen LogP contribution in [0.1, 0.15) is 80.1 Å². The highest BCUT2D eigenvalue weighted by atomic mass is 32.2. The second-order valence-electron chi connectivity index (χ2n) is 12.9. The lowest BCUT2D eigenvalue weighted by Gasteiger charge is -2.27. The van der Waals surface area contributed by atoms with E-state index in [1.165, 1.54) is 41.5 Å². The van der Waals surface area contributed by atoms with Gasteiger partial charge in [0, 0.05) is 42.8 Å². The summed E-state index contributed by atoms with van der Waals surface area (Å²) in [6.45, 7) is 5.58. The number of halogens is 5. The molecule has 4 rings (SSSR count). The molecular formula is C31H35F5N6O5S. The Morgan fingerprint density at radius 2 is 1.77 bits per heavy atom. The number of benzene rings is 1. The number of nitriles is 1. The van der Waals surface area contributed by atoms with Gasteiger partial charge in [-0.2, -0.15) is 22.8 Å². The van der Waals surface area contributed by atoms with Gasteiger partial charge in [0.05, 0.1) is 20.9 Å². The minimum absolute atomic E-state index is 0.00824. The van der Waals surface area contributed by atoms with E-state index in [0.717, 1.165) is 6.92 Å². The van der Waals surface area contributed by atoms with Gasteiger partial charge in [-0.1, -0.05) is 6.07 Å². The molecule has 1 aliphatic carbocycles. The van der Waals surface area contributed by atoms with Crippen molar-refractivity contribution in [2.24, 2.45) is 4.36 Å². The number of carbonyl (C=O) groups is 3. The standard InChI is InChI=1S/C31H35F5N6O5S/c1-18-21(17-37)23(31(34,35)36)39-24(42-14-7-10-30(32,33)13-15-42)22(18)25(43)38-19-8-6-9-20(16-19)48(5,46)41-26(44)29(11-12-29)40-27(45)47-28(2,3)4/h6,8-9,16H,7,10-15H2,1-5H3,(H,38,43)(H,40,45)/t48-/m1/s1.